The molecule has 1 aliphatic heterocycles. The predicted molar refractivity (Wildman–Crippen MR) is 131 cm³/mol. The zero-order valence-corrected chi connectivity index (χ0v) is 19.5. The van der Waals surface area contributed by atoms with Crippen LogP contribution >= 0.6 is 11.6 Å². The average molecular weight is 450 g/mol. The second-order valence-electron chi connectivity index (χ2n) is 8.59. The van der Waals surface area contributed by atoms with Crippen molar-refractivity contribution in [1.82, 2.24) is 15.2 Å². The second kappa shape index (κ2) is 11.5. The molecule has 1 saturated heterocycles. The summed E-state index contributed by atoms with van der Waals surface area (Å²) in [4.78, 5) is 7.11. The summed E-state index contributed by atoms with van der Waals surface area (Å²) in [5.41, 5.74) is 3.49. The Balaban J connectivity index is 1.24. The van der Waals surface area contributed by atoms with Gasteiger partial charge in [0.05, 0.1) is 11.7 Å². The molecule has 0 spiro atoms. The number of benzene rings is 2. The number of halogens is 1. The van der Waals surface area contributed by atoms with Crippen molar-refractivity contribution < 1.29 is 4.74 Å². The number of hydrogen-bond acceptors (Lipinski definition) is 4. The maximum absolute atomic E-state index is 6.10. The highest BCUT2D eigenvalue weighted by atomic mass is 35.5. The third kappa shape index (κ3) is 6.55. The minimum Gasteiger partial charge on any atom is -0.492 e. The number of rotatable bonds is 9. The van der Waals surface area contributed by atoms with Crippen LogP contribution in [0.5, 0.6) is 5.75 Å². The van der Waals surface area contributed by atoms with Crippen LogP contribution in [0.4, 0.5) is 0 Å². The van der Waals surface area contributed by atoms with Crippen LogP contribution in [0.25, 0.3) is 0 Å². The number of pyridine rings is 1. The molecule has 32 heavy (non-hydrogen) atoms. The van der Waals surface area contributed by atoms with E-state index in [1.807, 2.05) is 42.6 Å². The monoisotopic (exact) mass is 449 g/mol. The quantitative estimate of drug-likeness (QED) is 0.467. The first-order valence-corrected chi connectivity index (χ1v) is 11.9. The van der Waals surface area contributed by atoms with Gasteiger partial charge in [0, 0.05) is 17.8 Å². The molecule has 0 radical (unpaired) electrons. The zero-order valence-electron chi connectivity index (χ0n) is 18.7. The molecule has 1 fully saturated rings. The molecule has 5 heteroatoms. The first-order chi connectivity index (χ1) is 15.7. The number of hydrogen-bond donors (Lipinski definition) is 1. The summed E-state index contributed by atoms with van der Waals surface area (Å²) in [5, 5.41) is 4.53. The van der Waals surface area contributed by atoms with Gasteiger partial charge in [0.1, 0.15) is 12.4 Å². The smallest absolute Gasteiger partial charge is 0.119 e. The largest absolute Gasteiger partial charge is 0.492 e. The van der Waals surface area contributed by atoms with Gasteiger partial charge < -0.3 is 10.1 Å². The van der Waals surface area contributed by atoms with Crippen molar-refractivity contribution >= 4 is 11.6 Å². The number of likely N-dealkylation sites (tertiary alicyclic amines) is 1. The van der Waals surface area contributed by atoms with Crippen LogP contribution in [0.2, 0.25) is 5.02 Å². The lowest BCUT2D eigenvalue weighted by Crippen LogP contribution is -2.40. The highest BCUT2D eigenvalue weighted by Crippen LogP contribution is 2.24. The molecule has 1 aromatic heterocycles. The first-order valence-electron chi connectivity index (χ1n) is 11.5. The summed E-state index contributed by atoms with van der Waals surface area (Å²) < 4.78 is 5.91. The maximum atomic E-state index is 6.10. The van der Waals surface area contributed by atoms with Crippen molar-refractivity contribution in [3.63, 3.8) is 0 Å². The third-order valence-electron chi connectivity index (χ3n) is 6.20. The highest BCUT2D eigenvalue weighted by Gasteiger charge is 2.22. The Labute approximate surface area is 196 Å². The van der Waals surface area contributed by atoms with Gasteiger partial charge in [-0.05, 0) is 87.3 Å². The minimum absolute atomic E-state index is 0.0782. The third-order valence-corrected chi connectivity index (χ3v) is 6.45. The van der Waals surface area contributed by atoms with E-state index in [9.17, 15) is 0 Å². The molecule has 4 nitrogen and oxygen atoms in total. The van der Waals surface area contributed by atoms with Crippen LogP contribution < -0.4 is 10.1 Å². The Morgan fingerprint density at radius 1 is 1.03 bits per heavy atom. The first kappa shape index (κ1) is 22.8. The van der Waals surface area contributed by atoms with Crippen molar-refractivity contribution in [1.29, 1.82) is 0 Å². The van der Waals surface area contributed by atoms with E-state index in [0.29, 0.717) is 5.92 Å². The van der Waals surface area contributed by atoms with Gasteiger partial charge >= 0.3 is 0 Å². The van der Waals surface area contributed by atoms with Gasteiger partial charge in [-0.3, -0.25) is 9.88 Å². The molecule has 2 aromatic carbocycles. The normalized spacial score (nSPS) is 16.1. The highest BCUT2D eigenvalue weighted by molar-refractivity contribution is 6.30. The van der Waals surface area contributed by atoms with Gasteiger partial charge in [-0.15, -0.1) is 0 Å². The molecular weight excluding hydrogens is 418 g/mol. The van der Waals surface area contributed by atoms with E-state index in [0.717, 1.165) is 49.3 Å². The summed E-state index contributed by atoms with van der Waals surface area (Å²) in [7, 11) is 0. The van der Waals surface area contributed by atoms with Gasteiger partial charge in [-0.2, -0.15) is 0 Å². The van der Waals surface area contributed by atoms with Gasteiger partial charge in [0.25, 0.3) is 0 Å². The van der Waals surface area contributed by atoms with E-state index in [4.69, 9.17) is 16.3 Å². The number of aromatic nitrogens is 1. The van der Waals surface area contributed by atoms with Crippen LogP contribution in [-0.4, -0.2) is 42.7 Å². The van der Waals surface area contributed by atoms with E-state index < -0.39 is 0 Å². The average Bonchev–Trinajstić information content (AvgIpc) is 2.83. The van der Waals surface area contributed by atoms with Gasteiger partial charge in [0.15, 0.2) is 0 Å². The Hall–Kier alpha value is -2.40. The van der Waals surface area contributed by atoms with Gasteiger partial charge in [-0.25, -0.2) is 0 Å². The fraction of sp³-hybridized carbons (Fsp3) is 0.370. The summed E-state index contributed by atoms with van der Waals surface area (Å²) in [5.74, 6) is 1.63. The van der Waals surface area contributed by atoms with Crippen LogP contribution in [0.15, 0.2) is 72.9 Å². The van der Waals surface area contributed by atoms with Gasteiger partial charge in [-0.1, -0.05) is 47.5 Å². The molecule has 0 amide bonds. The van der Waals surface area contributed by atoms with E-state index in [1.165, 1.54) is 24.0 Å². The lowest BCUT2D eigenvalue weighted by Gasteiger charge is -2.33. The predicted octanol–water partition coefficient (Wildman–Crippen LogP) is 5.51. The molecule has 168 valence electrons. The number of nitrogens with zero attached hydrogens (tertiary/aromatic N) is 2. The summed E-state index contributed by atoms with van der Waals surface area (Å²) in [6, 6.07) is 22.5. The van der Waals surface area contributed by atoms with Crippen molar-refractivity contribution in [2.24, 2.45) is 5.92 Å². The molecule has 0 aliphatic carbocycles. The molecule has 1 aliphatic rings. The maximum Gasteiger partial charge on any atom is 0.119 e. The lowest BCUT2D eigenvalue weighted by atomic mass is 9.95. The standard InChI is InChI=1S/C27H32ClN3O/c1-21-5-11-25(12-6-21)32-19-18-31-16-13-22(14-17-31)20-30-27(26-4-2-3-15-29-26)23-7-9-24(28)10-8-23/h2-12,15,22,27,30H,13-14,16-20H2,1H3. The minimum atomic E-state index is 0.0782. The number of nitrogens with one attached hydrogen (secondary N) is 1. The fourth-order valence-electron chi connectivity index (χ4n) is 4.22. The Kier molecular flexibility index (Phi) is 8.16. The molecule has 2 heterocycles. The van der Waals surface area contributed by atoms with Crippen molar-refractivity contribution in [3.8, 4) is 5.75 Å². The number of piperidine rings is 1. The molecule has 4 rings (SSSR count). The van der Waals surface area contributed by atoms with Crippen LogP contribution in [-0.2, 0) is 0 Å². The summed E-state index contributed by atoms with van der Waals surface area (Å²) >= 11 is 6.10. The van der Waals surface area contributed by atoms with Crippen molar-refractivity contribution in [2.75, 3.05) is 32.8 Å². The molecule has 3 aromatic rings. The fourth-order valence-corrected chi connectivity index (χ4v) is 4.35. The Morgan fingerprint density at radius 3 is 2.47 bits per heavy atom. The molecule has 0 saturated carbocycles. The lowest BCUT2D eigenvalue weighted by molar-refractivity contribution is 0.153. The van der Waals surface area contributed by atoms with Crippen molar-refractivity contribution in [3.05, 3.63) is 94.8 Å². The number of aryl methyl sites for hydroxylation is 1. The Morgan fingerprint density at radius 2 is 1.78 bits per heavy atom. The van der Waals surface area contributed by atoms with E-state index in [-0.39, 0.29) is 6.04 Å². The van der Waals surface area contributed by atoms with E-state index >= 15 is 0 Å². The van der Waals surface area contributed by atoms with Crippen LogP contribution in [0.1, 0.15) is 35.7 Å². The van der Waals surface area contributed by atoms with E-state index in [2.05, 4.69) is 52.5 Å². The second-order valence-corrected chi connectivity index (χ2v) is 9.03. The molecule has 1 N–H and O–H groups in total. The van der Waals surface area contributed by atoms with Crippen LogP contribution in [0, 0.1) is 12.8 Å². The van der Waals surface area contributed by atoms with Gasteiger partial charge in [0.2, 0.25) is 0 Å². The number of ether oxygens (including phenoxy) is 1. The van der Waals surface area contributed by atoms with Crippen LogP contribution in [0.3, 0.4) is 0 Å². The summed E-state index contributed by atoms with van der Waals surface area (Å²) in [6.45, 7) is 7.05. The van der Waals surface area contributed by atoms with Crippen molar-refractivity contribution in [2.45, 2.75) is 25.8 Å². The molecule has 1 atom stereocenters. The molecular formula is C27H32ClN3O. The van der Waals surface area contributed by atoms with E-state index in [1.54, 1.807) is 0 Å². The summed E-state index contributed by atoms with van der Waals surface area (Å²) in [6.07, 6.45) is 4.26. The molecule has 0 bridgehead atoms. The molecule has 1 unspecified atom stereocenters. The topological polar surface area (TPSA) is 37.4 Å². The Bertz CT molecular complexity index is 939. The zero-order chi connectivity index (χ0) is 22.2. The SMILES string of the molecule is Cc1ccc(OCCN2CCC(CNC(c3ccc(Cl)cc3)c3ccccn3)CC2)cc1.